The van der Waals surface area contributed by atoms with E-state index in [0.717, 1.165) is 25.7 Å². The number of hydrogen-bond acceptors (Lipinski definition) is 3. The summed E-state index contributed by atoms with van der Waals surface area (Å²) in [7, 11) is 0. The predicted octanol–water partition coefficient (Wildman–Crippen LogP) is 2.08. The Morgan fingerprint density at radius 1 is 1.15 bits per heavy atom. The van der Waals surface area contributed by atoms with Gasteiger partial charge in [0.15, 0.2) is 0 Å². The van der Waals surface area contributed by atoms with E-state index in [9.17, 15) is 14.7 Å². The Labute approximate surface area is 120 Å². The van der Waals surface area contributed by atoms with E-state index in [-0.39, 0.29) is 30.7 Å². The molecule has 0 spiro atoms. The monoisotopic (exact) mass is 285 g/mol. The second-order valence-corrected chi connectivity index (χ2v) is 6.16. The van der Waals surface area contributed by atoms with E-state index in [4.69, 9.17) is 5.11 Å². The predicted molar refractivity (Wildman–Crippen MR) is 76.3 cm³/mol. The molecule has 0 bridgehead atoms. The third kappa shape index (κ3) is 4.78. The molecule has 1 aliphatic rings. The van der Waals surface area contributed by atoms with E-state index in [1.54, 1.807) is 0 Å². The fourth-order valence-electron chi connectivity index (χ4n) is 3.03. The second-order valence-electron chi connectivity index (χ2n) is 6.16. The quantitative estimate of drug-likeness (QED) is 0.637. The van der Waals surface area contributed by atoms with Crippen LogP contribution in [0.1, 0.15) is 65.2 Å². The number of aliphatic hydroxyl groups is 1. The summed E-state index contributed by atoms with van der Waals surface area (Å²) in [5, 5.41) is 21.9. The second kappa shape index (κ2) is 7.07. The highest BCUT2D eigenvalue weighted by Gasteiger charge is 2.38. The van der Waals surface area contributed by atoms with Crippen molar-refractivity contribution in [2.24, 2.45) is 5.41 Å². The summed E-state index contributed by atoms with van der Waals surface area (Å²) in [6, 6.07) is 0. The summed E-state index contributed by atoms with van der Waals surface area (Å²) in [5.41, 5.74) is -1.24. The van der Waals surface area contributed by atoms with Crippen LogP contribution < -0.4 is 5.32 Å². The maximum atomic E-state index is 12.0. The molecule has 5 heteroatoms. The fraction of sp³-hybridized carbons (Fsp3) is 0.867. The minimum atomic E-state index is -0.856. The summed E-state index contributed by atoms with van der Waals surface area (Å²) in [4.78, 5) is 23.0. The van der Waals surface area contributed by atoms with Crippen molar-refractivity contribution in [3.8, 4) is 0 Å². The first-order valence-corrected chi connectivity index (χ1v) is 7.56. The van der Waals surface area contributed by atoms with Gasteiger partial charge in [0.25, 0.3) is 0 Å². The van der Waals surface area contributed by atoms with Crippen LogP contribution in [0.15, 0.2) is 0 Å². The van der Waals surface area contributed by atoms with Crippen molar-refractivity contribution in [2.45, 2.75) is 70.8 Å². The summed E-state index contributed by atoms with van der Waals surface area (Å²) in [6.07, 6.45) is 5.09. The lowest BCUT2D eigenvalue weighted by molar-refractivity contribution is -0.140. The Balaban J connectivity index is 2.53. The van der Waals surface area contributed by atoms with Gasteiger partial charge in [-0.15, -0.1) is 0 Å². The Morgan fingerprint density at radius 2 is 1.70 bits per heavy atom. The van der Waals surface area contributed by atoms with E-state index >= 15 is 0 Å². The van der Waals surface area contributed by atoms with Crippen LogP contribution in [0.4, 0.5) is 0 Å². The molecule has 1 aliphatic carbocycles. The number of carbonyl (C=O) groups is 2. The summed E-state index contributed by atoms with van der Waals surface area (Å²) in [6.45, 7) is 4.01. The minimum Gasteiger partial charge on any atom is -0.481 e. The maximum Gasteiger partial charge on any atom is 0.303 e. The molecule has 0 heterocycles. The molecule has 0 unspecified atom stereocenters. The largest absolute Gasteiger partial charge is 0.481 e. The molecule has 1 saturated carbocycles. The molecule has 20 heavy (non-hydrogen) atoms. The lowest BCUT2D eigenvalue weighted by Gasteiger charge is -2.29. The third-order valence-electron chi connectivity index (χ3n) is 4.66. The molecular weight excluding hydrogens is 258 g/mol. The highest BCUT2D eigenvalue weighted by atomic mass is 16.4. The zero-order valence-electron chi connectivity index (χ0n) is 12.6. The molecule has 0 atom stereocenters. The number of aliphatic carboxylic acids is 1. The highest BCUT2D eigenvalue weighted by molar-refractivity contribution is 5.78. The molecule has 0 radical (unpaired) electrons. The van der Waals surface area contributed by atoms with Crippen molar-refractivity contribution < 1.29 is 19.8 Å². The average molecular weight is 285 g/mol. The molecule has 3 N–H and O–H groups in total. The molecular formula is C15H27NO4. The van der Waals surface area contributed by atoms with E-state index in [0.29, 0.717) is 12.8 Å². The third-order valence-corrected chi connectivity index (χ3v) is 4.66. The van der Waals surface area contributed by atoms with E-state index in [1.807, 2.05) is 13.8 Å². The summed E-state index contributed by atoms with van der Waals surface area (Å²) >= 11 is 0. The lowest BCUT2D eigenvalue weighted by atomic mass is 9.79. The Hall–Kier alpha value is -1.10. The smallest absolute Gasteiger partial charge is 0.303 e. The summed E-state index contributed by atoms with van der Waals surface area (Å²) in [5.74, 6) is -0.980. The first-order chi connectivity index (χ1) is 9.35. The standard InChI is InChI=1S/C15H27NO4/c1-3-15(20,4-2)11-16-12(17)9-14(10-13(18)19)7-5-6-8-14/h20H,3-11H2,1-2H3,(H,16,17)(H,18,19). The Kier molecular flexibility index (Phi) is 5.99. The van der Waals surface area contributed by atoms with Gasteiger partial charge in [-0.2, -0.15) is 0 Å². The van der Waals surface area contributed by atoms with Gasteiger partial charge in [-0.3, -0.25) is 9.59 Å². The minimum absolute atomic E-state index is 0.0617. The van der Waals surface area contributed by atoms with E-state index < -0.39 is 11.6 Å². The molecule has 5 nitrogen and oxygen atoms in total. The highest BCUT2D eigenvalue weighted by Crippen LogP contribution is 2.44. The van der Waals surface area contributed by atoms with Crippen LogP contribution in [-0.4, -0.2) is 34.2 Å². The Morgan fingerprint density at radius 3 is 2.15 bits per heavy atom. The zero-order chi connectivity index (χ0) is 15.2. The molecule has 1 rings (SSSR count). The normalized spacial score (nSPS) is 17.9. The first kappa shape index (κ1) is 17.0. The van der Waals surface area contributed by atoms with Crippen LogP contribution >= 0.6 is 0 Å². The molecule has 0 saturated heterocycles. The van der Waals surface area contributed by atoms with Gasteiger partial charge in [0.05, 0.1) is 12.0 Å². The molecule has 116 valence electrons. The number of hydrogen-bond donors (Lipinski definition) is 3. The van der Waals surface area contributed by atoms with Crippen LogP contribution in [0.5, 0.6) is 0 Å². The van der Waals surface area contributed by atoms with Gasteiger partial charge < -0.3 is 15.5 Å². The molecule has 0 aromatic rings. The number of carboxylic acid groups (broad SMARTS) is 1. The van der Waals surface area contributed by atoms with Crippen LogP contribution in [0.2, 0.25) is 0 Å². The fourth-order valence-corrected chi connectivity index (χ4v) is 3.03. The van der Waals surface area contributed by atoms with E-state index in [1.165, 1.54) is 0 Å². The molecule has 0 aliphatic heterocycles. The molecule has 1 fully saturated rings. The molecule has 1 amide bonds. The number of carboxylic acids is 1. The van der Waals surface area contributed by atoms with Gasteiger partial charge in [0.1, 0.15) is 0 Å². The van der Waals surface area contributed by atoms with Crippen LogP contribution in [0, 0.1) is 5.41 Å². The van der Waals surface area contributed by atoms with Crippen molar-refractivity contribution >= 4 is 11.9 Å². The van der Waals surface area contributed by atoms with Crippen LogP contribution in [0.3, 0.4) is 0 Å². The van der Waals surface area contributed by atoms with Crippen LogP contribution in [-0.2, 0) is 9.59 Å². The zero-order valence-corrected chi connectivity index (χ0v) is 12.6. The first-order valence-electron chi connectivity index (χ1n) is 7.56. The van der Waals surface area contributed by atoms with Gasteiger partial charge in [-0.05, 0) is 31.1 Å². The number of carbonyl (C=O) groups excluding carboxylic acids is 1. The topological polar surface area (TPSA) is 86.6 Å². The van der Waals surface area contributed by atoms with Crippen molar-refractivity contribution in [3.63, 3.8) is 0 Å². The maximum absolute atomic E-state index is 12.0. The van der Waals surface area contributed by atoms with Gasteiger partial charge in [-0.1, -0.05) is 26.7 Å². The number of nitrogens with one attached hydrogen (secondary N) is 1. The summed E-state index contributed by atoms with van der Waals surface area (Å²) < 4.78 is 0. The van der Waals surface area contributed by atoms with Gasteiger partial charge in [-0.25, -0.2) is 0 Å². The number of rotatable bonds is 8. The van der Waals surface area contributed by atoms with E-state index in [2.05, 4.69) is 5.32 Å². The van der Waals surface area contributed by atoms with Gasteiger partial charge in [0, 0.05) is 13.0 Å². The van der Waals surface area contributed by atoms with Crippen molar-refractivity contribution in [2.75, 3.05) is 6.54 Å². The lowest BCUT2D eigenvalue weighted by Crippen LogP contribution is -2.43. The number of amides is 1. The van der Waals surface area contributed by atoms with Crippen LogP contribution in [0.25, 0.3) is 0 Å². The van der Waals surface area contributed by atoms with Crippen molar-refractivity contribution in [1.82, 2.24) is 5.32 Å². The Bertz CT molecular complexity index is 344. The van der Waals surface area contributed by atoms with Gasteiger partial charge in [0.2, 0.25) is 5.91 Å². The molecule has 0 aromatic heterocycles. The van der Waals surface area contributed by atoms with Gasteiger partial charge >= 0.3 is 5.97 Å². The van der Waals surface area contributed by atoms with Crippen molar-refractivity contribution in [1.29, 1.82) is 0 Å². The SMILES string of the molecule is CCC(O)(CC)CNC(=O)CC1(CC(=O)O)CCCC1. The average Bonchev–Trinajstić information content (AvgIpc) is 2.83. The molecule has 0 aromatic carbocycles. The van der Waals surface area contributed by atoms with Crippen molar-refractivity contribution in [3.05, 3.63) is 0 Å².